The summed E-state index contributed by atoms with van der Waals surface area (Å²) in [5.74, 6) is -0.344. The van der Waals surface area contributed by atoms with Gasteiger partial charge in [0.15, 0.2) is 5.69 Å². The Morgan fingerprint density at radius 2 is 2.21 bits per heavy atom. The van der Waals surface area contributed by atoms with Crippen molar-refractivity contribution in [3.8, 4) is 0 Å². The number of esters is 1. The number of aryl methyl sites for hydroxylation is 1. The highest BCUT2D eigenvalue weighted by molar-refractivity contribution is 5.90. The standard InChI is InChI=1S/C14H21N3O2/c1-5-19-14(18)12-10(3)13(17(4)16-12)11-8-15-7-6-9(11)2/h15H,5-8H2,1-4H3. The van der Waals surface area contributed by atoms with Gasteiger partial charge in [-0.15, -0.1) is 0 Å². The van der Waals surface area contributed by atoms with Crippen LogP contribution in [0.4, 0.5) is 0 Å². The van der Waals surface area contributed by atoms with E-state index in [1.165, 1.54) is 11.1 Å². The van der Waals surface area contributed by atoms with Gasteiger partial charge in [0.05, 0.1) is 12.3 Å². The van der Waals surface area contributed by atoms with Crippen molar-refractivity contribution in [1.29, 1.82) is 0 Å². The molecule has 0 fully saturated rings. The van der Waals surface area contributed by atoms with E-state index in [0.29, 0.717) is 12.3 Å². The minimum absolute atomic E-state index is 0.344. The van der Waals surface area contributed by atoms with Gasteiger partial charge in [-0.05, 0) is 39.3 Å². The average Bonchev–Trinajstić information content (AvgIpc) is 2.66. The molecule has 5 heteroatoms. The molecule has 19 heavy (non-hydrogen) atoms. The maximum atomic E-state index is 11.9. The molecule has 1 aliphatic rings. The molecule has 0 bridgehead atoms. The normalized spacial score (nSPS) is 15.8. The van der Waals surface area contributed by atoms with Gasteiger partial charge in [0.1, 0.15) is 0 Å². The Labute approximate surface area is 113 Å². The number of carbonyl (C=O) groups is 1. The molecule has 0 amide bonds. The minimum Gasteiger partial charge on any atom is -0.461 e. The van der Waals surface area contributed by atoms with Crippen LogP contribution in [0.2, 0.25) is 0 Å². The average molecular weight is 263 g/mol. The maximum Gasteiger partial charge on any atom is 0.359 e. The van der Waals surface area contributed by atoms with Crippen LogP contribution in [0.1, 0.15) is 42.0 Å². The van der Waals surface area contributed by atoms with Crippen LogP contribution in [-0.2, 0) is 11.8 Å². The molecule has 0 spiro atoms. The number of carbonyl (C=O) groups excluding carboxylic acids is 1. The first kappa shape index (κ1) is 13.8. The third-order valence-corrected chi connectivity index (χ3v) is 3.53. The van der Waals surface area contributed by atoms with E-state index in [-0.39, 0.29) is 5.97 Å². The molecule has 1 aromatic rings. The van der Waals surface area contributed by atoms with Gasteiger partial charge in [0, 0.05) is 19.2 Å². The monoisotopic (exact) mass is 263 g/mol. The lowest BCUT2D eigenvalue weighted by Gasteiger charge is -2.19. The molecule has 0 saturated heterocycles. The summed E-state index contributed by atoms with van der Waals surface area (Å²) in [6.45, 7) is 8.09. The number of ether oxygens (including phenoxy) is 1. The fourth-order valence-corrected chi connectivity index (χ4v) is 2.52. The van der Waals surface area contributed by atoms with E-state index in [9.17, 15) is 4.79 Å². The second kappa shape index (κ2) is 5.57. The van der Waals surface area contributed by atoms with E-state index in [1.54, 1.807) is 11.6 Å². The van der Waals surface area contributed by atoms with Crippen LogP contribution in [0.3, 0.4) is 0 Å². The van der Waals surface area contributed by atoms with Crippen molar-refractivity contribution < 1.29 is 9.53 Å². The third-order valence-electron chi connectivity index (χ3n) is 3.53. The van der Waals surface area contributed by atoms with E-state index < -0.39 is 0 Å². The van der Waals surface area contributed by atoms with Crippen LogP contribution in [0.15, 0.2) is 5.57 Å². The van der Waals surface area contributed by atoms with Crippen molar-refractivity contribution >= 4 is 11.5 Å². The van der Waals surface area contributed by atoms with Gasteiger partial charge in [-0.2, -0.15) is 5.10 Å². The number of nitrogens with one attached hydrogen (secondary N) is 1. The molecule has 2 heterocycles. The summed E-state index contributed by atoms with van der Waals surface area (Å²) in [5, 5.41) is 7.69. The van der Waals surface area contributed by atoms with E-state index in [2.05, 4.69) is 17.3 Å². The molecule has 1 N–H and O–H groups in total. The van der Waals surface area contributed by atoms with Crippen LogP contribution >= 0.6 is 0 Å². The molecular weight excluding hydrogens is 242 g/mol. The van der Waals surface area contributed by atoms with Crippen molar-refractivity contribution in [3.63, 3.8) is 0 Å². The SMILES string of the molecule is CCOC(=O)c1nn(C)c(C2=C(C)CCNC2)c1C. The first-order valence-corrected chi connectivity index (χ1v) is 6.66. The zero-order valence-electron chi connectivity index (χ0n) is 12.0. The Balaban J connectivity index is 2.45. The Bertz CT molecular complexity index is 529. The molecule has 0 unspecified atom stereocenters. The summed E-state index contributed by atoms with van der Waals surface area (Å²) in [6, 6.07) is 0. The van der Waals surface area contributed by atoms with Crippen molar-refractivity contribution in [1.82, 2.24) is 15.1 Å². The Morgan fingerprint density at radius 1 is 1.47 bits per heavy atom. The lowest BCUT2D eigenvalue weighted by molar-refractivity contribution is 0.0518. The fraction of sp³-hybridized carbons (Fsp3) is 0.571. The summed E-state index contributed by atoms with van der Waals surface area (Å²) in [4.78, 5) is 11.9. The fourth-order valence-electron chi connectivity index (χ4n) is 2.52. The molecule has 0 atom stereocenters. The molecule has 0 radical (unpaired) electrons. The largest absolute Gasteiger partial charge is 0.461 e. The lowest BCUT2D eigenvalue weighted by atomic mass is 9.97. The summed E-state index contributed by atoms with van der Waals surface area (Å²) < 4.78 is 6.83. The molecular formula is C14H21N3O2. The van der Waals surface area contributed by atoms with E-state index in [1.807, 2.05) is 14.0 Å². The van der Waals surface area contributed by atoms with Crippen LogP contribution in [0, 0.1) is 6.92 Å². The topological polar surface area (TPSA) is 56.1 Å². The second-order valence-corrected chi connectivity index (χ2v) is 4.85. The molecule has 5 nitrogen and oxygen atoms in total. The van der Waals surface area contributed by atoms with Crippen molar-refractivity contribution in [2.45, 2.75) is 27.2 Å². The molecule has 0 aliphatic carbocycles. The van der Waals surface area contributed by atoms with Crippen molar-refractivity contribution in [2.24, 2.45) is 7.05 Å². The molecule has 104 valence electrons. The first-order chi connectivity index (χ1) is 9.06. The molecule has 1 aliphatic heterocycles. The van der Waals surface area contributed by atoms with E-state index in [0.717, 1.165) is 30.8 Å². The molecule has 1 aromatic heterocycles. The number of hydrogen-bond donors (Lipinski definition) is 1. The predicted molar refractivity (Wildman–Crippen MR) is 74.0 cm³/mol. The lowest BCUT2D eigenvalue weighted by Crippen LogP contribution is -2.25. The zero-order chi connectivity index (χ0) is 14.0. The van der Waals surface area contributed by atoms with Gasteiger partial charge in [-0.3, -0.25) is 4.68 Å². The van der Waals surface area contributed by atoms with Crippen molar-refractivity contribution in [3.05, 3.63) is 22.5 Å². The van der Waals surface area contributed by atoms with Gasteiger partial charge in [0.25, 0.3) is 0 Å². The Hall–Kier alpha value is -1.62. The second-order valence-electron chi connectivity index (χ2n) is 4.85. The molecule has 0 saturated carbocycles. The van der Waals surface area contributed by atoms with Crippen LogP contribution in [0.25, 0.3) is 5.57 Å². The maximum absolute atomic E-state index is 11.9. The quantitative estimate of drug-likeness (QED) is 0.843. The van der Waals surface area contributed by atoms with E-state index in [4.69, 9.17) is 4.74 Å². The summed E-state index contributed by atoms with van der Waals surface area (Å²) in [6.07, 6.45) is 1.04. The van der Waals surface area contributed by atoms with Gasteiger partial charge in [0.2, 0.25) is 0 Å². The number of hydrogen-bond acceptors (Lipinski definition) is 4. The van der Waals surface area contributed by atoms with Crippen LogP contribution in [0.5, 0.6) is 0 Å². The number of aromatic nitrogens is 2. The van der Waals surface area contributed by atoms with Gasteiger partial charge in [-0.25, -0.2) is 4.79 Å². The van der Waals surface area contributed by atoms with Gasteiger partial charge < -0.3 is 10.1 Å². The Kier molecular flexibility index (Phi) is 4.04. The van der Waals surface area contributed by atoms with Crippen molar-refractivity contribution in [2.75, 3.05) is 19.7 Å². The first-order valence-electron chi connectivity index (χ1n) is 6.66. The number of rotatable bonds is 3. The zero-order valence-corrected chi connectivity index (χ0v) is 12.0. The summed E-state index contributed by atoms with van der Waals surface area (Å²) in [5.41, 5.74) is 4.96. The summed E-state index contributed by atoms with van der Waals surface area (Å²) in [7, 11) is 1.87. The van der Waals surface area contributed by atoms with Gasteiger partial charge in [-0.1, -0.05) is 5.57 Å². The highest BCUT2D eigenvalue weighted by Gasteiger charge is 2.23. The smallest absolute Gasteiger partial charge is 0.359 e. The molecule has 0 aromatic carbocycles. The van der Waals surface area contributed by atoms with E-state index >= 15 is 0 Å². The third kappa shape index (κ3) is 2.56. The number of nitrogens with zero attached hydrogens (tertiary/aromatic N) is 2. The highest BCUT2D eigenvalue weighted by atomic mass is 16.5. The summed E-state index contributed by atoms with van der Waals surface area (Å²) >= 11 is 0. The Morgan fingerprint density at radius 3 is 2.84 bits per heavy atom. The van der Waals surface area contributed by atoms with Crippen LogP contribution < -0.4 is 5.32 Å². The molecule has 2 rings (SSSR count). The van der Waals surface area contributed by atoms with Crippen LogP contribution in [-0.4, -0.2) is 35.4 Å². The highest BCUT2D eigenvalue weighted by Crippen LogP contribution is 2.27. The minimum atomic E-state index is -0.344. The predicted octanol–water partition coefficient (Wildman–Crippen LogP) is 1.67. The van der Waals surface area contributed by atoms with Gasteiger partial charge >= 0.3 is 5.97 Å².